The molecule has 2 saturated heterocycles. The molecule has 2 aromatic rings. The van der Waals surface area contributed by atoms with Gasteiger partial charge >= 0.3 is 11.9 Å². The van der Waals surface area contributed by atoms with Crippen molar-refractivity contribution in [3.8, 4) is 0 Å². The van der Waals surface area contributed by atoms with Crippen LogP contribution in [0.5, 0.6) is 0 Å². The highest BCUT2D eigenvalue weighted by atomic mass is 32.2. The fraction of sp³-hybridized carbons (Fsp3) is 0.438. The summed E-state index contributed by atoms with van der Waals surface area (Å²) < 4.78 is 10.0. The van der Waals surface area contributed by atoms with Gasteiger partial charge in [0.2, 0.25) is 5.12 Å². The topological polar surface area (TPSA) is 107 Å². The highest BCUT2D eigenvalue weighted by Crippen LogP contribution is 2.36. The standard InChI is InChI=1S/C16H20O4S.C16H18O3S/c1-3-20-15(18)10(2)11-4-6-12(7-5-11)14(17)13-8-9-21-16(13)19;1-3-19-15(17)11(2)13-6-4-12(5-7-13)10-14-8-9-20-16(14)18/h4-7,10,13-14,17H,3,8-9H2,1-2H3;4-7,10-11H,3,8-9H2,1-2H3. The van der Waals surface area contributed by atoms with Crippen molar-refractivity contribution < 1.29 is 33.8 Å². The number of rotatable bonds is 9. The van der Waals surface area contributed by atoms with E-state index in [0.717, 1.165) is 45.8 Å². The van der Waals surface area contributed by atoms with Crippen molar-refractivity contribution in [2.24, 2.45) is 5.92 Å². The second-order valence-corrected chi connectivity index (χ2v) is 12.0. The Morgan fingerprint density at radius 3 is 1.80 bits per heavy atom. The Bertz CT molecular complexity index is 1240. The summed E-state index contributed by atoms with van der Waals surface area (Å²) in [5.41, 5.74) is 4.36. The molecule has 0 saturated carbocycles. The van der Waals surface area contributed by atoms with Gasteiger partial charge in [-0.3, -0.25) is 19.2 Å². The van der Waals surface area contributed by atoms with E-state index in [9.17, 15) is 24.3 Å². The van der Waals surface area contributed by atoms with Crippen LogP contribution in [0.1, 0.15) is 80.7 Å². The van der Waals surface area contributed by atoms with E-state index in [1.807, 2.05) is 49.4 Å². The van der Waals surface area contributed by atoms with E-state index in [1.165, 1.54) is 23.5 Å². The minimum atomic E-state index is -0.764. The first-order valence-corrected chi connectivity index (χ1v) is 15.9. The van der Waals surface area contributed by atoms with Crippen LogP contribution < -0.4 is 0 Å². The first-order valence-electron chi connectivity index (χ1n) is 13.9. The van der Waals surface area contributed by atoms with E-state index in [0.29, 0.717) is 19.6 Å². The fourth-order valence-electron chi connectivity index (χ4n) is 4.48. The van der Waals surface area contributed by atoms with Crippen LogP contribution in [0.15, 0.2) is 54.1 Å². The van der Waals surface area contributed by atoms with Crippen LogP contribution in [0.4, 0.5) is 0 Å². The van der Waals surface area contributed by atoms with E-state index >= 15 is 0 Å². The predicted molar refractivity (Wildman–Crippen MR) is 164 cm³/mol. The Balaban J connectivity index is 0.000000226. The van der Waals surface area contributed by atoms with Gasteiger partial charge in [-0.1, -0.05) is 72.1 Å². The molecule has 0 aromatic heterocycles. The van der Waals surface area contributed by atoms with E-state index in [1.54, 1.807) is 32.9 Å². The summed E-state index contributed by atoms with van der Waals surface area (Å²) in [5.74, 6) is 0.277. The minimum Gasteiger partial charge on any atom is -0.466 e. The zero-order valence-electron chi connectivity index (χ0n) is 24.0. The number of aliphatic hydroxyl groups is 1. The Morgan fingerprint density at radius 1 is 0.854 bits per heavy atom. The summed E-state index contributed by atoms with van der Waals surface area (Å²) in [7, 11) is 0. The molecular weight excluding hydrogens is 560 g/mol. The lowest BCUT2D eigenvalue weighted by Crippen LogP contribution is -2.16. The minimum absolute atomic E-state index is 0.0615. The molecule has 0 bridgehead atoms. The van der Waals surface area contributed by atoms with Crippen LogP contribution in [0, 0.1) is 5.92 Å². The molecule has 1 N–H and O–H groups in total. The van der Waals surface area contributed by atoms with Gasteiger partial charge in [-0.25, -0.2) is 0 Å². The first-order chi connectivity index (χ1) is 19.7. The third-order valence-electron chi connectivity index (χ3n) is 7.06. The van der Waals surface area contributed by atoms with Crippen molar-refractivity contribution in [2.75, 3.05) is 24.7 Å². The quantitative estimate of drug-likeness (QED) is 0.272. The van der Waals surface area contributed by atoms with E-state index < -0.39 is 6.10 Å². The van der Waals surface area contributed by atoms with Crippen molar-refractivity contribution >= 4 is 51.8 Å². The molecule has 0 amide bonds. The normalized spacial score (nSPS) is 19.7. The Labute approximate surface area is 250 Å². The third-order valence-corrected chi connectivity index (χ3v) is 9.02. The van der Waals surface area contributed by atoms with Crippen molar-refractivity contribution in [1.29, 1.82) is 0 Å². The van der Waals surface area contributed by atoms with Crippen LogP contribution in [0.25, 0.3) is 6.08 Å². The molecule has 2 aliphatic heterocycles. The summed E-state index contributed by atoms with van der Waals surface area (Å²) >= 11 is 2.66. The van der Waals surface area contributed by atoms with E-state index in [4.69, 9.17) is 9.47 Å². The Morgan fingerprint density at radius 2 is 1.37 bits per heavy atom. The average Bonchev–Trinajstić information content (AvgIpc) is 3.60. The molecule has 2 heterocycles. The highest BCUT2D eigenvalue weighted by Gasteiger charge is 2.32. The average molecular weight is 599 g/mol. The van der Waals surface area contributed by atoms with Crippen molar-refractivity contribution in [1.82, 2.24) is 0 Å². The number of hydrogen-bond acceptors (Lipinski definition) is 9. The number of hydrogen-bond donors (Lipinski definition) is 1. The molecule has 9 heteroatoms. The number of thioether (sulfide) groups is 2. The second kappa shape index (κ2) is 15.9. The monoisotopic (exact) mass is 598 g/mol. The lowest BCUT2D eigenvalue weighted by Gasteiger charge is -2.17. The van der Waals surface area contributed by atoms with Gasteiger partial charge in [-0.05, 0) is 68.9 Å². The molecule has 4 unspecified atom stereocenters. The molecule has 4 atom stereocenters. The third kappa shape index (κ3) is 9.05. The van der Waals surface area contributed by atoms with Crippen LogP contribution in [0.3, 0.4) is 0 Å². The van der Waals surface area contributed by atoms with Gasteiger partial charge in [-0.2, -0.15) is 0 Å². The van der Waals surface area contributed by atoms with Crippen molar-refractivity contribution in [2.45, 2.75) is 58.5 Å². The number of aliphatic hydroxyl groups excluding tert-OH is 1. The van der Waals surface area contributed by atoms with Crippen LogP contribution >= 0.6 is 23.5 Å². The maximum Gasteiger partial charge on any atom is 0.313 e. The molecule has 41 heavy (non-hydrogen) atoms. The Hall–Kier alpha value is -2.88. The maximum absolute atomic E-state index is 11.7. The molecule has 220 valence electrons. The SMILES string of the molecule is CCOC(=O)C(C)c1ccc(C(O)C2CCSC2=O)cc1.CCOC(=O)C(C)c1ccc(C=C2CCSC2=O)cc1. The zero-order valence-corrected chi connectivity index (χ0v) is 25.6. The van der Waals surface area contributed by atoms with Gasteiger partial charge in [0.05, 0.1) is 37.1 Å². The molecule has 0 spiro atoms. The summed E-state index contributed by atoms with van der Waals surface area (Å²) in [6, 6.07) is 14.9. The molecule has 4 rings (SSSR count). The van der Waals surface area contributed by atoms with Gasteiger partial charge < -0.3 is 14.6 Å². The zero-order chi connectivity index (χ0) is 29.9. The molecular formula is C32H38O7S2. The summed E-state index contributed by atoms with van der Waals surface area (Å²) in [6.45, 7) is 7.97. The van der Waals surface area contributed by atoms with Gasteiger partial charge in [0.1, 0.15) is 0 Å². The largest absolute Gasteiger partial charge is 0.466 e. The molecule has 2 aliphatic rings. The predicted octanol–water partition coefficient (Wildman–Crippen LogP) is 6.07. The van der Waals surface area contributed by atoms with Gasteiger partial charge in [-0.15, -0.1) is 0 Å². The molecule has 0 radical (unpaired) electrons. The van der Waals surface area contributed by atoms with Gasteiger partial charge in [0.25, 0.3) is 0 Å². The van der Waals surface area contributed by atoms with Gasteiger partial charge in [0, 0.05) is 17.1 Å². The molecule has 0 aliphatic carbocycles. The number of ether oxygens (including phenoxy) is 2. The lowest BCUT2D eigenvalue weighted by molar-refractivity contribution is -0.145. The van der Waals surface area contributed by atoms with E-state index in [-0.39, 0.29) is 39.9 Å². The number of benzene rings is 2. The Kier molecular flexibility index (Phi) is 12.7. The van der Waals surface area contributed by atoms with Crippen LogP contribution in [0.2, 0.25) is 0 Å². The first kappa shape index (κ1) is 32.6. The molecule has 2 fully saturated rings. The summed E-state index contributed by atoms with van der Waals surface area (Å²) in [4.78, 5) is 46.6. The van der Waals surface area contributed by atoms with Crippen LogP contribution in [-0.4, -0.2) is 52.0 Å². The number of carbonyl (C=O) groups is 4. The number of esters is 2. The summed E-state index contributed by atoms with van der Waals surface area (Å²) in [6.07, 6.45) is 2.72. The van der Waals surface area contributed by atoms with Crippen molar-refractivity contribution in [3.63, 3.8) is 0 Å². The number of carbonyl (C=O) groups excluding carboxylic acids is 4. The van der Waals surface area contributed by atoms with E-state index in [2.05, 4.69) is 0 Å². The van der Waals surface area contributed by atoms with Crippen molar-refractivity contribution in [3.05, 3.63) is 76.4 Å². The molecule has 7 nitrogen and oxygen atoms in total. The maximum atomic E-state index is 11.7. The highest BCUT2D eigenvalue weighted by molar-refractivity contribution is 8.14. The lowest BCUT2D eigenvalue weighted by atomic mass is 9.92. The summed E-state index contributed by atoms with van der Waals surface area (Å²) in [5, 5.41) is 10.5. The van der Waals surface area contributed by atoms with Crippen LogP contribution in [-0.2, 0) is 28.7 Å². The smallest absolute Gasteiger partial charge is 0.313 e. The van der Waals surface area contributed by atoms with Gasteiger partial charge in [0.15, 0.2) is 5.12 Å². The molecule has 2 aromatic carbocycles. The fourth-order valence-corrected chi connectivity index (χ4v) is 6.37. The second-order valence-electron chi connectivity index (χ2n) is 9.84.